The number of carbonyl (C=O) groups excluding carboxylic acids is 2. The molecule has 2 aliphatic carbocycles. The van der Waals surface area contributed by atoms with Gasteiger partial charge in [-0.25, -0.2) is 9.59 Å². The van der Waals surface area contributed by atoms with Gasteiger partial charge in [0.25, 0.3) is 0 Å². The van der Waals surface area contributed by atoms with Crippen molar-refractivity contribution in [3.8, 4) is 0 Å². The Bertz CT molecular complexity index is 518. The average Bonchev–Trinajstić information content (AvgIpc) is 2.63. The summed E-state index contributed by atoms with van der Waals surface area (Å²) in [5.74, 6) is -0.809. The van der Waals surface area contributed by atoms with Crippen LogP contribution in [-0.2, 0) is 9.47 Å². The maximum absolute atomic E-state index is 12.5. The van der Waals surface area contributed by atoms with E-state index in [1.54, 1.807) is 24.3 Å². The zero-order valence-corrected chi connectivity index (χ0v) is 14.2. The summed E-state index contributed by atoms with van der Waals surface area (Å²) in [7, 11) is 0. The summed E-state index contributed by atoms with van der Waals surface area (Å²) < 4.78 is 11.2. The highest BCUT2D eigenvalue weighted by Gasteiger charge is 2.25. The Balaban J connectivity index is 0.00000225. The van der Waals surface area contributed by atoms with Crippen LogP contribution in [0.25, 0.3) is 0 Å². The molecule has 1 aromatic carbocycles. The van der Waals surface area contributed by atoms with Gasteiger partial charge in [-0.1, -0.05) is 32.4 Å². The summed E-state index contributed by atoms with van der Waals surface area (Å²) >= 11 is 0. The van der Waals surface area contributed by atoms with Crippen LogP contribution in [-0.4, -0.2) is 24.1 Å². The molecule has 0 atom stereocenters. The van der Waals surface area contributed by atoms with E-state index in [1.165, 1.54) is 12.8 Å². The Morgan fingerprint density at radius 1 is 0.680 bits per heavy atom. The molecule has 0 spiro atoms. The van der Waals surface area contributed by atoms with Crippen LogP contribution in [0.4, 0.5) is 0 Å². The largest absolute Gasteiger partial charge is 0.459 e. The third-order valence-electron chi connectivity index (χ3n) is 5.02. The van der Waals surface area contributed by atoms with Gasteiger partial charge in [0, 0.05) is 0 Å². The normalized spacial score (nSPS) is 18.9. The third kappa shape index (κ3) is 5.32. The van der Waals surface area contributed by atoms with Crippen molar-refractivity contribution in [2.45, 2.75) is 83.8 Å². The second kappa shape index (κ2) is 9.59. The van der Waals surface area contributed by atoms with Gasteiger partial charge in [0.2, 0.25) is 0 Å². The van der Waals surface area contributed by atoms with Crippen molar-refractivity contribution in [3.63, 3.8) is 0 Å². The number of ether oxygens (including phenoxy) is 2. The lowest BCUT2D eigenvalue weighted by molar-refractivity contribution is 0.0164. The van der Waals surface area contributed by atoms with E-state index in [1.807, 2.05) is 0 Å². The predicted octanol–water partition coefficient (Wildman–Crippen LogP) is 5.30. The first-order valence-electron chi connectivity index (χ1n) is 9.25. The molecule has 2 saturated carbocycles. The Morgan fingerprint density at radius 2 is 1.04 bits per heavy atom. The van der Waals surface area contributed by atoms with Gasteiger partial charge in [0.05, 0.1) is 11.1 Å². The zero-order valence-electron chi connectivity index (χ0n) is 14.2. The van der Waals surface area contributed by atoms with Gasteiger partial charge in [-0.05, 0) is 63.5 Å². The lowest BCUT2D eigenvalue weighted by Gasteiger charge is -2.23. The molecule has 0 radical (unpaired) electrons. The molecule has 2 fully saturated rings. The lowest BCUT2D eigenvalue weighted by atomic mass is 9.97. The number of hydrogen-bond acceptors (Lipinski definition) is 4. The molecule has 1 aromatic rings. The van der Waals surface area contributed by atoms with E-state index in [2.05, 4.69) is 0 Å². The van der Waals surface area contributed by atoms with E-state index in [9.17, 15) is 9.59 Å². The third-order valence-corrected chi connectivity index (χ3v) is 5.02. The topological polar surface area (TPSA) is 52.6 Å². The van der Waals surface area contributed by atoms with Crippen LogP contribution in [0.5, 0.6) is 0 Å². The van der Waals surface area contributed by atoms with Crippen molar-refractivity contribution < 1.29 is 19.1 Å². The molecule has 0 heterocycles. The van der Waals surface area contributed by atoms with Gasteiger partial charge >= 0.3 is 11.9 Å². The molecule has 25 heavy (non-hydrogen) atoms. The zero-order chi connectivity index (χ0) is 16.8. The van der Waals surface area contributed by atoms with E-state index < -0.39 is 11.9 Å². The number of rotatable bonds is 4. The van der Waals surface area contributed by atoms with Crippen molar-refractivity contribution in [2.75, 3.05) is 0 Å². The number of esters is 2. The van der Waals surface area contributed by atoms with Gasteiger partial charge in [-0.15, -0.1) is 0 Å². The van der Waals surface area contributed by atoms with Crippen molar-refractivity contribution in [3.05, 3.63) is 35.4 Å². The second-order valence-electron chi connectivity index (χ2n) is 6.88. The first-order chi connectivity index (χ1) is 11.7. The minimum absolute atomic E-state index is 0. The Kier molecular flexibility index (Phi) is 7.48. The van der Waals surface area contributed by atoms with Crippen LogP contribution in [0, 0.1) is 0 Å². The van der Waals surface area contributed by atoms with E-state index in [4.69, 9.17) is 9.47 Å². The molecule has 2 aliphatic rings. The first-order valence-corrected chi connectivity index (χ1v) is 9.25. The molecule has 0 amide bonds. The molecule has 0 saturated heterocycles. The lowest BCUT2D eigenvalue weighted by Crippen LogP contribution is -2.24. The van der Waals surface area contributed by atoms with E-state index in [-0.39, 0.29) is 19.6 Å². The molecule has 4 heteroatoms. The van der Waals surface area contributed by atoms with Gasteiger partial charge in [-0.2, -0.15) is 0 Å². The molecule has 0 unspecified atom stereocenters. The molecule has 0 N–H and O–H groups in total. The smallest absolute Gasteiger partial charge is 0.339 e. The molecule has 3 rings (SSSR count). The van der Waals surface area contributed by atoms with Gasteiger partial charge in [0.1, 0.15) is 12.2 Å². The minimum atomic E-state index is -0.405. The Hall–Kier alpha value is -1.84. The second-order valence-corrected chi connectivity index (χ2v) is 6.88. The maximum Gasteiger partial charge on any atom is 0.339 e. The van der Waals surface area contributed by atoms with Crippen LogP contribution in [0.15, 0.2) is 24.3 Å². The molecule has 0 aromatic heterocycles. The van der Waals surface area contributed by atoms with Gasteiger partial charge in [-0.3, -0.25) is 0 Å². The summed E-state index contributed by atoms with van der Waals surface area (Å²) in [5, 5.41) is 0. The minimum Gasteiger partial charge on any atom is -0.459 e. The summed E-state index contributed by atoms with van der Waals surface area (Å²) in [6.45, 7) is 0. The Labute approximate surface area is 150 Å². The highest BCUT2D eigenvalue weighted by atomic mass is 16.5. The van der Waals surface area contributed by atoms with Crippen LogP contribution >= 0.6 is 0 Å². The quantitative estimate of drug-likeness (QED) is 0.694. The average molecular weight is 346 g/mol. The number of hydrogen-bond donors (Lipinski definition) is 0. The number of benzene rings is 1. The molecular weight excluding hydrogens is 316 g/mol. The summed E-state index contributed by atoms with van der Waals surface area (Å²) in [4.78, 5) is 25.0. The summed E-state index contributed by atoms with van der Waals surface area (Å²) in [6, 6.07) is 6.83. The summed E-state index contributed by atoms with van der Waals surface area (Å²) in [6.07, 6.45) is 10.4. The van der Waals surface area contributed by atoms with Crippen LogP contribution in [0.3, 0.4) is 0 Å². The first kappa shape index (κ1) is 19.5. The van der Waals surface area contributed by atoms with Crippen LogP contribution < -0.4 is 0 Å². The van der Waals surface area contributed by atoms with Crippen LogP contribution in [0.1, 0.15) is 92.4 Å². The predicted molar refractivity (Wildman–Crippen MR) is 97.8 cm³/mol. The molecule has 4 nitrogen and oxygen atoms in total. The highest BCUT2D eigenvalue weighted by Crippen LogP contribution is 2.24. The van der Waals surface area contributed by atoms with E-state index in [0.29, 0.717) is 11.1 Å². The van der Waals surface area contributed by atoms with Crippen molar-refractivity contribution in [1.82, 2.24) is 0 Å². The fourth-order valence-corrected chi connectivity index (χ4v) is 3.63. The molecule has 0 bridgehead atoms. The van der Waals surface area contributed by atoms with E-state index >= 15 is 0 Å². The molecule has 138 valence electrons. The maximum atomic E-state index is 12.5. The van der Waals surface area contributed by atoms with Crippen molar-refractivity contribution in [1.29, 1.82) is 0 Å². The number of carbonyl (C=O) groups is 2. The van der Waals surface area contributed by atoms with Gasteiger partial charge < -0.3 is 9.47 Å². The molecule has 0 aliphatic heterocycles. The van der Waals surface area contributed by atoms with Crippen molar-refractivity contribution >= 4 is 11.9 Å². The fourth-order valence-electron chi connectivity index (χ4n) is 3.63. The molecular formula is C21H30O4. The highest BCUT2D eigenvalue weighted by molar-refractivity contribution is 6.03. The standard InChI is InChI=1S/C20H26O4.CH4/c21-19(23-15-9-3-1-4-10-15)17-13-7-8-14-18(17)20(22)24-16-11-5-2-6-12-16;/h7-8,13-16H,1-6,9-12H2;1H4. The SMILES string of the molecule is C.O=C(OC1CCCCC1)c1ccccc1C(=O)OC1CCCCC1. The van der Waals surface area contributed by atoms with Crippen molar-refractivity contribution in [2.24, 2.45) is 0 Å². The monoisotopic (exact) mass is 346 g/mol. The van der Waals surface area contributed by atoms with E-state index in [0.717, 1.165) is 51.4 Å². The summed E-state index contributed by atoms with van der Waals surface area (Å²) in [5.41, 5.74) is 0.646. The fraction of sp³-hybridized carbons (Fsp3) is 0.619. The van der Waals surface area contributed by atoms with Gasteiger partial charge in [0.15, 0.2) is 0 Å². The van der Waals surface area contributed by atoms with Crippen LogP contribution in [0.2, 0.25) is 0 Å². The Morgan fingerprint density at radius 3 is 1.40 bits per heavy atom.